The molecular weight excluding hydrogens is 258 g/mol. The third-order valence-corrected chi connectivity index (χ3v) is 3.78. The van der Waals surface area contributed by atoms with Crippen LogP contribution < -0.4 is 5.73 Å². The summed E-state index contributed by atoms with van der Waals surface area (Å²) in [5.74, 6) is 0.109. The molecule has 0 heterocycles. The summed E-state index contributed by atoms with van der Waals surface area (Å²) in [6.07, 6.45) is 0. The summed E-state index contributed by atoms with van der Waals surface area (Å²) in [4.78, 5) is 2.39. The number of nitrogens with zero attached hydrogens (tertiary/aromatic N) is 1. The monoisotopic (exact) mass is 281 g/mol. The summed E-state index contributed by atoms with van der Waals surface area (Å²) in [6, 6.07) is 16.3. The molecule has 0 aliphatic heterocycles. The zero-order valence-electron chi connectivity index (χ0n) is 12.8. The molecule has 2 aromatic carbocycles. The molecule has 0 aromatic heterocycles. The lowest BCUT2D eigenvalue weighted by Crippen LogP contribution is -2.21. The van der Waals surface area contributed by atoms with Crippen molar-refractivity contribution < 1.29 is 0 Å². The van der Waals surface area contributed by atoms with E-state index in [1.807, 2.05) is 24.3 Å². The topological polar surface area (TPSA) is 53.1 Å². The number of nitrogens with two attached hydrogens (primary N) is 1. The maximum atomic E-state index is 7.68. The van der Waals surface area contributed by atoms with Gasteiger partial charge in [0.05, 0.1) is 0 Å². The molecular formula is C18H23N3. The highest BCUT2D eigenvalue weighted by molar-refractivity contribution is 6.01. The summed E-state index contributed by atoms with van der Waals surface area (Å²) in [7, 11) is 0. The molecule has 0 bridgehead atoms. The summed E-state index contributed by atoms with van der Waals surface area (Å²) < 4.78 is 0. The number of hydrogen-bond acceptors (Lipinski definition) is 2. The second-order valence-corrected chi connectivity index (χ2v) is 5.12. The van der Waals surface area contributed by atoms with Crippen LogP contribution in [-0.2, 0) is 6.54 Å². The predicted octanol–water partition coefficient (Wildman–Crippen LogP) is 3.48. The highest BCUT2D eigenvalue weighted by atomic mass is 15.1. The van der Waals surface area contributed by atoms with E-state index in [1.54, 1.807) is 0 Å². The van der Waals surface area contributed by atoms with Gasteiger partial charge in [-0.25, -0.2) is 0 Å². The smallest absolute Gasteiger partial charge is 0.123 e. The van der Waals surface area contributed by atoms with Gasteiger partial charge in [-0.2, -0.15) is 0 Å². The Morgan fingerprint density at radius 1 is 1.00 bits per heavy atom. The van der Waals surface area contributed by atoms with Gasteiger partial charge in [-0.1, -0.05) is 62.4 Å². The van der Waals surface area contributed by atoms with Gasteiger partial charge in [0.25, 0.3) is 0 Å². The number of rotatable bonds is 6. The van der Waals surface area contributed by atoms with Gasteiger partial charge in [0.2, 0.25) is 0 Å². The van der Waals surface area contributed by atoms with Crippen LogP contribution in [0.1, 0.15) is 25.0 Å². The third-order valence-electron chi connectivity index (χ3n) is 3.78. The Morgan fingerprint density at radius 3 is 2.19 bits per heavy atom. The normalized spacial score (nSPS) is 10.8. The van der Waals surface area contributed by atoms with Crippen molar-refractivity contribution >= 4 is 5.84 Å². The van der Waals surface area contributed by atoms with E-state index in [2.05, 4.69) is 43.0 Å². The lowest BCUT2D eigenvalue weighted by atomic mass is 9.98. The Kier molecular flexibility index (Phi) is 5.12. The number of amidine groups is 1. The molecule has 0 amide bonds. The first kappa shape index (κ1) is 15.3. The van der Waals surface area contributed by atoms with Crippen LogP contribution in [0.5, 0.6) is 0 Å². The Bertz CT molecular complexity index is 598. The first-order valence-corrected chi connectivity index (χ1v) is 7.40. The first-order chi connectivity index (χ1) is 10.2. The van der Waals surface area contributed by atoms with E-state index in [9.17, 15) is 0 Å². The summed E-state index contributed by atoms with van der Waals surface area (Å²) >= 11 is 0. The van der Waals surface area contributed by atoms with Crippen molar-refractivity contribution in [2.24, 2.45) is 5.73 Å². The second-order valence-electron chi connectivity index (χ2n) is 5.12. The molecule has 0 saturated heterocycles. The molecule has 0 radical (unpaired) electrons. The van der Waals surface area contributed by atoms with Crippen molar-refractivity contribution in [3.8, 4) is 11.1 Å². The summed E-state index contributed by atoms with van der Waals surface area (Å²) in [5, 5.41) is 7.68. The maximum Gasteiger partial charge on any atom is 0.123 e. The van der Waals surface area contributed by atoms with Gasteiger partial charge in [-0.15, -0.1) is 0 Å². The van der Waals surface area contributed by atoms with Gasteiger partial charge in [0, 0.05) is 12.1 Å². The van der Waals surface area contributed by atoms with Crippen molar-refractivity contribution in [3.05, 3.63) is 59.7 Å². The van der Waals surface area contributed by atoms with E-state index in [1.165, 1.54) is 5.56 Å². The first-order valence-electron chi connectivity index (χ1n) is 7.40. The fraction of sp³-hybridized carbons (Fsp3) is 0.278. The molecule has 0 aliphatic rings. The van der Waals surface area contributed by atoms with Crippen molar-refractivity contribution in [2.45, 2.75) is 20.4 Å². The third kappa shape index (κ3) is 3.70. The maximum absolute atomic E-state index is 7.68. The van der Waals surface area contributed by atoms with Crippen LogP contribution in [0.15, 0.2) is 48.5 Å². The molecule has 21 heavy (non-hydrogen) atoms. The van der Waals surface area contributed by atoms with Crippen molar-refractivity contribution in [1.82, 2.24) is 4.90 Å². The van der Waals surface area contributed by atoms with E-state index in [0.717, 1.165) is 36.3 Å². The van der Waals surface area contributed by atoms with Gasteiger partial charge in [0.15, 0.2) is 0 Å². The van der Waals surface area contributed by atoms with Crippen LogP contribution in [0.25, 0.3) is 11.1 Å². The molecule has 3 heteroatoms. The van der Waals surface area contributed by atoms with E-state index in [0.29, 0.717) is 0 Å². The lowest BCUT2D eigenvalue weighted by Gasteiger charge is -2.18. The minimum Gasteiger partial charge on any atom is -0.384 e. The average Bonchev–Trinajstić information content (AvgIpc) is 2.53. The Labute approximate surface area is 126 Å². The Hall–Kier alpha value is -2.13. The SMILES string of the molecule is CCN(CC)Cc1ccc(-c2ccccc2C(=N)N)cc1. The minimum atomic E-state index is 0.109. The van der Waals surface area contributed by atoms with Crippen LogP contribution in [0, 0.1) is 5.41 Å². The molecule has 0 spiro atoms. The largest absolute Gasteiger partial charge is 0.384 e. The Morgan fingerprint density at radius 2 is 1.62 bits per heavy atom. The lowest BCUT2D eigenvalue weighted by molar-refractivity contribution is 0.296. The fourth-order valence-corrected chi connectivity index (χ4v) is 2.46. The van der Waals surface area contributed by atoms with Crippen LogP contribution in [-0.4, -0.2) is 23.8 Å². The van der Waals surface area contributed by atoms with Gasteiger partial charge >= 0.3 is 0 Å². The molecule has 0 atom stereocenters. The van der Waals surface area contributed by atoms with Gasteiger partial charge < -0.3 is 5.73 Å². The van der Waals surface area contributed by atoms with E-state index < -0.39 is 0 Å². The van der Waals surface area contributed by atoms with Gasteiger partial charge in [-0.05, 0) is 29.8 Å². The summed E-state index contributed by atoms with van der Waals surface area (Å²) in [5.41, 5.74) is 9.87. The predicted molar refractivity (Wildman–Crippen MR) is 89.5 cm³/mol. The van der Waals surface area contributed by atoms with Crippen molar-refractivity contribution in [2.75, 3.05) is 13.1 Å². The molecule has 2 aromatic rings. The average molecular weight is 281 g/mol. The van der Waals surface area contributed by atoms with E-state index >= 15 is 0 Å². The van der Waals surface area contributed by atoms with Crippen LogP contribution >= 0.6 is 0 Å². The standard InChI is InChI=1S/C18H23N3/c1-3-21(4-2)13-14-9-11-15(12-10-14)16-7-5-6-8-17(16)18(19)20/h5-12H,3-4,13H2,1-2H3,(H3,19,20). The van der Waals surface area contributed by atoms with Crippen molar-refractivity contribution in [3.63, 3.8) is 0 Å². The van der Waals surface area contributed by atoms with E-state index in [4.69, 9.17) is 11.1 Å². The van der Waals surface area contributed by atoms with Crippen molar-refractivity contribution in [1.29, 1.82) is 5.41 Å². The highest BCUT2D eigenvalue weighted by Crippen LogP contribution is 2.24. The highest BCUT2D eigenvalue weighted by Gasteiger charge is 2.07. The van der Waals surface area contributed by atoms with Crippen LogP contribution in [0.3, 0.4) is 0 Å². The quantitative estimate of drug-likeness (QED) is 0.629. The minimum absolute atomic E-state index is 0.109. The zero-order valence-corrected chi connectivity index (χ0v) is 12.8. The number of nitrogens with one attached hydrogen (secondary N) is 1. The van der Waals surface area contributed by atoms with E-state index in [-0.39, 0.29) is 5.84 Å². The molecule has 2 rings (SSSR count). The molecule has 110 valence electrons. The number of hydrogen-bond donors (Lipinski definition) is 2. The summed E-state index contributed by atoms with van der Waals surface area (Å²) in [6.45, 7) is 7.46. The van der Waals surface area contributed by atoms with Gasteiger partial charge in [0.1, 0.15) is 5.84 Å². The molecule has 3 N–H and O–H groups in total. The fourth-order valence-electron chi connectivity index (χ4n) is 2.46. The van der Waals surface area contributed by atoms with Gasteiger partial charge in [-0.3, -0.25) is 10.3 Å². The molecule has 3 nitrogen and oxygen atoms in total. The molecule has 0 fully saturated rings. The zero-order chi connectivity index (χ0) is 15.2. The molecule has 0 unspecified atom stereocenters. The molecule has 0 aliphatic carbocycles. The second kappa shape index (κ2) is 7.04. The number of nitrogen functional groups attached to an aromatic ring is 1. The van der Waals surface area contributed by atoms with Crippen LogP contribution in [0.2, 0.25) is 0 Å². The number of benzene rings is 2. The van der Waals surface area contributed by atoms with Crippen LogP contribution in [0.4, 0.5) is 0 Å². The Balaban J connectivity index is 2.25. The molecule has 0 saturated carbocycles.